The van der Waals surface area contributed by atoms with Crippen molar-refractivity contribution in [2.45, 2.75) is 31.7 Å². The lowest BCUT2D eigenvalue weighted by molar-refractivity contribution is 0.266. The van der Waals surface area contributed by atoms with Crippen LogP contribution in [0.4, 0.5) is 0 Å². The molecule has 0 amide bonds. The van der Waals surface area contributed by atoms with Crippen molar-refractivity contribution in [2.75, 3.05) is 6.61 Å². The Balaban J connectivity index is 2.68. The molecular weight excluding hydrogens is 184 g/mol. The minimum Gasteiger partial charge on any atom is -0.396 e. The van der Waals surface area contributed by atoms with Gasteiger partial charge < -0.3 is 10.8 Å². The molecule has 0 saturated carbocycles. The highest BCUT2D eigenvalue weighted by molar-refractivity contribution is 7.09. The van der Waals surface area contributed by atoms with Gasteiger partial charge in [-0.15, -0.1) is 11.3 Å². The summed E-state index contributed by atoms with van der Waals surface area (Å²) in [6.45, 7) is 2.24. The molecule has 3 nitrogen and oxygen atoms in total. The second-order valence-corrected chi connectivity index (χ2v) is 3.99. The van der Waals surface area contributed by atoms with Gasteiger partial charge in [0.25, 0.3) is 0 Å². The van der Waals surface area contributed by atoms with Crippen molar-refractivity contribution < 1.29 is 5.11 Å². The Kier molecular flexibility index (Phi) is 4.35. The summed E-state index contributed by atoms with van der Waals surface area (Å²) in [5.74, 6) is 0.218. The summed E-state index contributed by atoms with van der Waals surface area (Å²) in [6.07, 6.45) is 3.42. The maximum atomic E-state index is 8.90. The highest BCUT2D eigenvalue weighted by atomic mass is 32.1. The predicted octanol–water partition coefficient (Wildman–Crippen LogP) is 1.35. The van der Waals surface area contributed by atoms with Crippen LogP contribution in [0.1, 0.15) is 30.7 Å². The highest BCUT2D eigenvalue weighted by Crippen LogP contribution is 2.25. The van der Waals surface area contributed by atoms with Gasteiger partial charge >= 0.3 is 0 Å². The zero-order valence-corrected chi connectivity index (χ0v) is 8.63. The van der Waals surface area contributed by atoms with Gasteiger partial charge in [0, 0.05) is 30.1 Å². The molecule has 0 radical (unpaired) electrons. The molecule has 0 aliphatic carbocycles. The van der Waals surface area contributed by atoms with E-state index in [0.717, 1.165) is 11.4 Å². The first kappa shape index (κ1) is 10.6. The molecule has 0 aromatic carbocycles. The summed E-state index contributed by atoms with van der Waals surface area (Å²) >= 11 is 1.61. The topological polar surface area (TPSA) is 59.1 Å². The molecule has 0 saturated heterocycles. The molecule has 74 valence electrons. The third kappa shape index (κ3) is 2.76. The van der Waals surface area contributed by atoms with Crippen molar-refractivity contribution in [3.8, 4) is 0 Å². The van der Waals surface area contributed by atoms with E-state index < -0.39 is 0 Å². The Morgan fingerprint density at radius 3 is 2.92 bits per heavy atom. The average Bonchev–Trinajstić information content (AvgIpc) is 2.65. The van der Waals surface area contributed by atoms with Crippen LogP contribution in [0.2, 0.25) is 0 Å². The van der Waals surface area contributed by atoms with Gasteiger partial charge in [-0.2, -0.15) is 0 Å². The first-order valence-corrected chi connectivity index (χ1v) is 5.43. The predicted molar refractivity (Wildman–Crippen MR) is 54.8 cm³/mol. The first-order valence-electron chi connectivity index (χ1n) is 4.55. The molecule has 1 aromatic heterocycles. The lowest BCUT2D eigenvalue weighted by Gasteiger charge is -2.19. The van der Waals surface area contributed by atoms with Gasteiger partial charge in [-0.25, -0.2) is 4.98 Å². The number of nitrogens with zero attached hydrogens (tertiary/aromatic N) is 1. The molecule has 2 atom stereocenters. The lowest BCUT2D eigenvalue weighted by atomic mass is 9.96. The molecule has 2 unspecified atom stereocenters. The van der Waals surface area contributed by atoms with E-state index in [2.05, 4.69) is 11.9 Å². The fourth-order valence-corrected chi connectivity index (χ4v) is 2.21. The molecule has 13 heavy (non-hydrogen) atoms. The minimum absolute atomic E-state index is 0.110. The molecule has 1 heterocycles. The Morgan fingerprint density at radius 1 is 1.69 bits per heavy atom. The summed E-state index contributed by atoms with van der Waals surface area (Å²) in [5, 5.41) is 11.9. The number of aliphatic hydroxyl groups is 1. The molecule has 0 fully saturated rings. The lowest BCUT2D eigenvalue weighted by Crippen LogP contribution is -2.28. The zero-order chi connectivity index (χ0) is 9.68. The van der Waals surface area contributed by atoms with E-state index in [9.17, 15) is 0 Å². The van der Waals surface area contributed by atoms with Crippen LogP contribution in [0.3, 0.4) is 0 Å². The number of hydrogen-bond acceptors (Lipinski definition) is 4. The Morgan fingerprint density at radius 2 is 2.46 bits per heavy atom. The summed E-state index contributed by atoms with van der Waals surface area (Å²) in [7, 11) is 0. The van der Waals surface area contributed by atoms with E-state index in [-0.39, 0.29) is 18.6 Å². The van der Waals surface area contributed by atoms with Crippen LogP contribution in [0.25, 0.3) is 0 Å². The van der Waals surface area contributed by atoms with Crippen molar-refractivity contribution in [1.82, 2.24) is 4.98 Å². The molecule has 0 aliphatic heterocycles. The van der Waals surface area contributed by atoms with Gasteiger partial charge in [0.05, 0.1) is 5.01 Å². The zero-order valence-electron chi connectivity index (χ0n) is 7.81. The second kappa shape index (κ2) is 5.32. The van der Waals surface area contributed by atoms with E-state index in [1.54, 1.807) is 17.5 Å². The summed E-state index contributed by atoms with van der Waals surface area (Å²) in [5.41, 5.74) is 5.95. The number of nitrogens with two attached hydrogens (primary N) is 1. The van der Waals surface area contributed by atoms with Crippen molar-refractivity contribution in [1.29, 1.82) is 0 Å². The Bertz CT molecular complexity index is 226. The number of aromatic nitrogens is 1. The van der Waals surface area contributed by atoms with Crippen molar-refractivity contribution in [2.24, 2.45) is 5.73 Å². The molecule has 1 aromatic rings. The van der Waals surface area contributed by atoms with Gasteiger partial charge in [0.2, 0.25) is 0 Å². The number of hydrogen-bond donors (Lipinski definition) is 2. The van der Waals surface area contributed by atoms with E-state index in [1.165, 1.54) is 0 Å². The monoisotopic (exact) mass is 200 g/mol. The van der Waals surface area contributed by atoms with Gasteiger partial charge in [-0.3, -0.25) is 0 Å². The SMILES string of the molecule is CCC(N)C(CCO)c1nccs1. The van der Waals surface area contributed by atoms with Gasteiger partial charge in [-0.05, 0) is 12.8 Å². The molecule has 0 bridgehead atoms. The third-order valence-corrected chi connectivity index (χ3v) is 3.10. The fourth-order valence-electron chi connectivity index (χ4n) is 1.36. The summed E-state index contributed by atoms with van der Waals surface area (Å²) < 4.78 is 0. The maximum Gasteiger partial charge on any atom is 0.0972 e. The van der Waals surface area contributed by atoms with Crippen LogP contribution in [-0.2, 0) is 0 Å². The number of aliphatic hydroxyl groups excluding tert-OH is 1. The van der Waals surface area contributed by atoms with Crippen molar-refractivity contribution in [3.63, 3.8) is 0 Å². The summed E-state index contributed by atoms with van der Waals surface area (Å²) in [4.78, 5) is 4.23. The second-order valence-electron chi connectivity index (χ2n) is 3.06. The van der Waals surface area contributed by atoms with E-state index in [1.807, 2.05) is 5.38 Å². The van der Waals surface area contributed by atoms with Crippen LogP contribution in [0.15, 0.2) is 11.6 Å². The fraction of sp³-hybridized carbons (Fsp3) is 0.667. The number of rotatable bonds is 5. The van der Waals surface area contributed by atoms with Crippen LogP contribution >= 0.6 is 11.3 Å². The normalized spacial score (nSPS) is 15.6. The highest BCUT2D eigenvalue weighted by Gasteiger charge is 2.19. The quantitative estimate of drug-likeness (QED) is 0.754. The first-order chi connectivity index (χ1) is 6.29. The van der Waals surface area contributed by atoms with Crippen LogP contribution in [-0.4, -0.2) is 22.7 Å². The molecular formula is C9H16N2OS. The Hall–Kier alpha value is -0.450. The van der Waals surface area contributed by atoms with Crippen LogP contribution < -0.4 is 5.73 Å². The average molecular weight is 200 g/mol. The Labute approximate surface area is 82.6 Å². The molecule has 0 spiro atoms. The van der Waals surface area contributed by atoms with Gasteiger partial charge in [0.1, 0.15) is 0 Å². The van der Waals surface area contributed by atoms with E-state index in [4.69, 9.17) is 10.8 Å². The standard InChI is InChI=1S/C9H16N2OS/c1-2-8(10)7(3-5-12)9-11-4-6-13-9/h4,6-8,12H,2-3,5,10H2,1H3. The smallest absolute Gasteiger partial charge is 0.0972 e. The molecule has 4 heteroatoms. The number of thiazole rings is 1. The largest absolute Gasteiger partial charge is 0.396 e. The maximum absolute atomic E-state index is 8.90. The minimum atomic E-state index is 0.110. The molecule has 1 rings (SSSR count). The summed E-state index contributed by atoms with van der Waals surface area (Å²) in [6, 6.07) is 0.110. The third-order valence-electron chi connectivity index (χ3n) is 2.20. The van der Waals surface area contributed by atoms with Crippen LogP contribution in [0, 0.1) is 0 Å². The molecule has 3 N–H and O–H groups in total. The van der Waals surface area contributed by atoms with E-state index >= 15 is 0 Å². The molecule has 0 aliphatic rings. The van der Waals surface area contributed by atoms with Crippen molar-refractivity contribution in [3.05, 3.63) is 16.6 Å². The van der Waals surface area contributed by atoms with Gasteiger partial charge in [-0.1, -0.05) is 6.92 Å². The van der Waals surface area contributed by atoms with Crippen LogP contribution in [0.5, 0.6) is 0 Å². The van der Waals surface area contributed by atoms with Gasteiger partial charge in [0.15, 0.2) is 0 Å². The van der Waals surface area contributed by atoms with E-state index in [0.29, 0.717) is 6.42 Å². The van der Waals surface area contributed by atoms with Crippen molar-refractivity contribution >= 4 is 11.3 Å².